The van der Waals surface area contributed by atoms with Crippen LogP contribution in [0.1, 0.15) is 19.4 Å². The van der Waals surface area contributed by atoms with E-state index in [-0.39, 0.29) is 22.5 Å². The number of carbonyl (C=O) groups is 1. The molecule has 10 heteroatoms. The van der Waals surface area contributed by atoms with E-state index in [1.54, 1.807) is 4.90 Å². The third kappa shape index (κ3) is 4.06. The molecule has 1 heterocycles. The molecule has 2 aromatic rings. The van der Waals surface area contributed by atoms with Gasteiger partial charge in [0.1, 0.15) is 0 Å². The van der Waals surface area contributed by atoms with Crippen LogP contribution in [0.2, 0.25) is 0 Å². The molecule has 150 valence electrons. The number of benzene rings is 2. The molecule has 0 saturated heterocycles. The highest BCUT2D eigenvalue weighted by atomic mass is 32.2. The number of halogens is 3. The molecule has 6 nitrogen and oxygen atoms in total. The molecule has 0 aromatic heterocycles. The third-order valence-corrected chi connectivity index (χ3v) is 5.64. The number of fused-ring (bicyclic) bond motifs is 1. The molecule has 1 aliphatic rings. The Balaban J connectivity index is 1.92. The summed E-state index contributed by atoms with van der Waals surface area (Å²) in [6, 6.07) is 9.01. The van der Waals surface area contributed by atoms with Gasteiger partial charge in [-0.25, -0.2) is 8.42 Å². The second-order valence-corrected chi connectivity index (χ2v) is 8.06. The van der Waals surface area contributed by atoms with Crippen molar-refractivity contribution in [3.8, 4) is 5.75 Å². The Morgan fingerprint density at radius 1 is 1.21 bits per heavy atom. The number of rotatable bonds is 4. The third-order valence-electron chi connectivity index (χ3n) is 4.27. The van der Waals surface area contributed by atoms with Gasteiger partial charge in [0.2, 0.25) is 5.91 Å². The number of amides is 1. The van der Waals surface area contributed by atoms with Crippen LogP contribution >= 0.6 is 0 Å². The van der Waals surface area contributed by atoms with Crippen molar-refractivity contribution in [2.24, 2.45) is 0 Å². The first-order chi connectivity index (χ1) is 13.0. The fourth-order valence-electron chi connectivity index (χ4n) is 3.22. The van der Waals surface area contributed by atoms with Crippen LogP contribution in [0, 0.1) is 0 Å². The molecule has 0 saturated carbocycles. The van der Waals surface area contributed by atoms with Crippen LogP contribution in [0.3, 0.4) is 0 Å². The minimum absolute atomic E-state index is 0.112. The van der Waals surface area contributed by atoms with Crippen molar-refractivity contribution in [1.29, 1.82) is 0 Å². The Labute approximate surface area is 160 Å². The van der Waals surface area contributed by atoms with Crippen molar-refractivity contribution in [2.45, 2.75) is 37.6 Å². The van der Waals surface area contributed by atoms with Crippen molar-refractivity contribution in [3.63, 3.8) is 0 Å². The molecular weight excluding hydrogens is 397 g/mol. The van der Waals surface area contributed by atoms with Gasteiger partial charge in [-0.1, -0.05) is 12.1 Å². The lowest BCUT2D eigenvalue weighted by Crippen LogP contribution is -2.33. The highest BCUT2D eigenvalue weighted by molar-refractivity contribution is 7.92. The van der Waals surface area contributed by atoms with Crippen LogP contribution in [0.25, 0.3) is 0 Å². The zero-order chi connectivity index (χ0) is 20.7. The molecule has 1 N–H and O–H groups in total. The van der Waals surface area contributed by atoms with E-state index < -0.39 is 22.1 Å². The molecule has 0 spiro atoms. The number of sulfonamides is 1. The summed E-state index contributed by atoms with van der Waals surface area (Å²) in [7, 11) is -4.17. The van der Waals surface area contributed by atoms with E-state index in [1.165, 1.54) is 43.3 Å². The first-order valence-corrected chi connectivity index (χ1v) is 9.76. The van der Waals surface area contributed by atoms with Gasteiger partial charge in [-0.15, -0.1) is 13.2 Å². The van der Waals surface area contributed by atoms with Crippen molar-refractivity contribution in [2.75, 3.05) is 9.62 Å². The second-order valence-electron chi connectivity index (χ2n) is 6.38. The van der Waals surface area contributed by atoms with Gasteiger partial charge in [0.25, 0.3) is 10.0 Å². The van der Waals surface area contributed by atoms with E-state index in [2.05, 4.69) is 9.46 Å². The number of ether oxygens (including phenoxy) is 1. The number of para-hydroxylation sites is 2. The molecule has 0 unspecified atom stereocenters. The largest absolute Gasteiger partial charge is 0.573 e. The van der Waals surface area contributed by atoms with Gasteiger partial charge in [0, 0.05) is 18.7 Å². The summed E-state index contributed by atoms with van der Waals surface area (Å²) in [5, 5.41) is 0. The summed E-state index contributed by atoms with van der Waals surface area (Å²) in [5.74, 6) is -0.811. The summed E-state index contributed by atoms with van der Waals surface area (Å²) < 4.78 is 69.0. The minimum atomic E-state index is -4.96. The highest BCUT2D eigenvalue weighted by Gasteiger charge is 2.33. The molecule has 2 aromatic carbocycles. The van der Waals surface area contributed by atoms with E-state index in [9.17, 15) is 26.4 Å². The first kappa shape index (κ1) is 20.0. The van der Waals surface area contributed by atoms with Crippen LogP contribution in [-0.4, -0.2) is 26.7 Å². The summed E-state index contributed by atoms with van der Waals surface area (Å²) in [5.41, 5.74) is 0.962. The molecule has 1 aliphatic heterocycles. The number of hydrogen-bond donors (Lipinski definition) is 1. The van der Waals surface area contributed by atoms with Crippen molar-refractivity contribution in [3.05, 3.63) is 48.0 Å². The summed E-state index contributed by atoms with van der Waals surface area (Å²) in [6.07, 6.45) is -4.48. The number of nitrogens with zero attached hydrogens (tertiary/aromatic N) is 1. The van der Waals surface area contributed by atoms with E-state index >= 15 is 0 Å². The monoisotopic (exact) mass is 414 g/mol. The minimum Gasteiger partial charge on any atom is -0.404 e. The van der Waals surface area contributed by atoms with Crippen molar-refractivity contribution >= 4 is 27.3 Å². The van der Waals surface area contributed by atoms with Gasteiger partial charge in [-0.05, 0) is 49.2 Å². The first-order valence-electron chi connectivity index (χ1n) is 8.28. The fourth-order valence-corrected chi connectivity index (χ4v) is 4.34. The van der Waals surface area contributed by atoms with Crippen LogP contribution in [-0.2, 0) is 21.2 Å². The topological polar surface area (TPSA) is 75.7 Å². The van der Waals surface area contributed by atoms with Gasteiger partial charge < -0.3 is 9.64 Å². The second kappa shape index (κ2) is 7.01. The number of hydrogen-bond acceptors (Lipinski definition) is 4. The van der Waals surface area contributed by atoms with Gasteiger partial charge >= 0.3 is 6.36 Å². The molecule has 0 radical (unpaired) electrons. The average Bonchev–Trinajstić information content (AvgIpc) is 2.90. The molecular formula is C18H17F3N2O4S. The molecule has 1 amide bonds. The van der Waals surface area contributed by atoms with Crippen LogP contribution < -0.4 is 14.4 Å². The maximum Gasteiger partial charge on any atom is 0.573 e. The predicted molar refractivity (Wildman–Crippen MR) is 96.7 cm³/mol. The van der Waals surface area contributed by atoms with E-state index in [1.807, 2.05) is 6.92 Å². The van der Waals surface area contributed by atoms with Gasteiger partial charge in [-0.3, -0.25) is 9.52 Å². The van der Waals surface area contributed by atoms with Crippen molar-refractivity contribution in [1.82, 2.24) is 0 Å². The Bertz CT molecular complexity index is 1020. The quantitative estimate of drug-likeness (QED) is 0.828. The molecule has 0 aliphatic carbocycles. The lowest BCUT2D eigenvalue weighted by molar-refractivity contribution is -0.274. The number of carbonyl (C=O) groups excluding carboxylic acids is 1. The van der Waals surface area contributed by atoms with E-state index in [0.29, 0.717) is 17.7 Å². The number of alkyl halides is 3. The zero-order valence-corrected chi connectivity index (χ0v) is 15.8. The summed E-state index contributed by atoms with van der Waals surface area (Å²) in [4.78, 5) is 13.2. The lowest BCUT2D eigenvalue weighted by atomic mass is 10.1. The normalized spacial score (nSPS) is 16.6. The highest BCUT2D eigenvalue weighted by Crippen LogP contribution is 2.35. The lowest BCUT2D eigenvalue weighted by Gasteiger charge is -2.20. The van der Waals surface area contributed by atoms with Gasteiger partial charge in [0.05, 0.1) is 10.6 Å². The SMILES string of the molecule is CC(=O)N1c2ccc(S(=O)(=O)Nc3ccccc3OC(F)(F)F)cc2C[C@@H]1C. The predicted octanol–water partition coefficient (Wildman–Crippen LogP) is 3.68. The van der Waals surface area contributed by atoms with E-state index in [0.717, 1.165) is 6.07 Å². The Hall–Kier alpha value is -2.75. The average molecular weight is 414 g/mol. The van der Waals surface area contributed by atoms with E-state index in [4.69, 9.17) is 0 Å². The molecule has 3 rings (SSSR count). The van der Waals surface area contributed by atoms with Crippen LogP contribution in [0.15, 0.2) is 47.4 Å². The Kier molecular flexibility index (Phi) is 5.00. The zero-order valence-electron chi connectivity index (χ0n) is 14.9. The smallest absolute Gasteiger partial charge is 0.404 e. The molecule has 0 fully saturated rings. The molecule has 1 atom stereocenters. The van der Waals surface area contributed by atoms with Crippen LogP contribution in [0.4, 0.5) is 24.5 Å². The maximum atomic E-state index is 12.7. The molecule has 28 heavy (non-hydrogen) atoms. The Morgan fingerprint density at radius 3 is 2.54 bits per heavy atom. The maximum absolute atomic E-state index is 12.7. The van der Waals surface area contributed by atoms with Gasteiger partial charge in [-0.2, -0.15) is 0 Å². The number of anilines is 2. The molecule has 0 bridgehead atoms. The number of nitrogens with one attached hydrogen (secondary N) is 1. The van der Waals surface area contributed by atoms with Crippen molar-refractivity contribution < 1.29 is 31.1 Å². The van der Waals surface area contributed by atoms with Crippen LogP contribution in [0.5, 0.6) is 5.75 Å². The van der Waals surface area contributed by atoms with Gasteiger partial charge in [0.15, 0.2) is 5.75 Å². The standard InChI is InChI=1S/C18H17F3N2O4S/c1-11-9-13-10-14(7-8-16(13)23(11)12(2)24)28(25,26)22-15-5-3-4-6-17(15)27-18(19,20)21/h3-8,10-11,22H,9H2,1-2H3/t11-/m0/s1. The fraction of sp³-hybridized carbons (Fsp3) is 0.278. The summed E-state index contributed by atoms with van der Waals surface area (Å²) in [6.45, 7) is 3.27. The Morgan fingerprint density at radius 2 is 1.89 bits per heavy atom. The summed E-state index contributed by atoms with van der Waals surface area (Å²) >= 11 is 0.